The summed E-state index contributed by atoms with van der Waals surface area (Å²) in [4.78, 5) is 0. The molecule has 3 heteroatoms. The van der Waals surface area contributed by atoms with Crippen LogP contribution in [-0.2, 0) is 0 Å². The van der Waals surface area contributed by atoms with Crippen molar-refractivity contribution in [2.24, 2.45) is 0 Å². The lowest BCUT2D eigenvalue weighted by Gasteiger charge is -2.20. The molecular weight excluding hydrogens is 248 g/mol. The van der Waals surface area contributed by atoms with Gasteiger partial charge < -0.3 is 9.84 Å². The van der Waals surface area contributed by atoms with Gasteiger partial charge in [-0.05, 0) is 55.4 Å². The van der Waals surface area contributed by atoms with Gasteiger partial charge in [0.1, 0.15) is 11.9 Å². The Morgan fingerprint density at radius 2 is 2.06 bits per heavy atom. The molecule has 1 saturated carbocycles. The van der Waals surface area contributed by atoms with Crippen LogP contribution in [0.15, 0.2) is 12.1 Å². The third-order valence-corrected chi connectivity index (χ3v) is 3.94. The van der Waals surface area contributed by atoms with Crippen LogP contribution in [0.4, 0.5) is 0 Å². The first-order chi connectivity index (χ1) is 8.49. The number of aliphatic hydroxyl groups is 1. The molecule has 2 rings (SSSR count). The first-order valence-electron chi connectivity index (χ1n) is 6.63. The van der Waals surface area contributed by atoms with Crippen LogP contribution in [0.5, 0.6) is 5.75 Å². The number of hydrogen-bond acceptors (Lipinski definition) is 2. The zero-order valence-corrected chi connectivity index (χ0v) is 12.0. The Hall–Kier alpha value is -0.730. The molecule has 1 aromatic carbocycles. The van der Waals surface area contributed by atoms with Crippen LogP contribution >= 0.6 is 11.6 Å². The van der Waals surface area contributed by atoms with Crippen molar-refractivity contribution < 1.29 is 9.84 Å². The van der Waals surface area contributed by atoms with Crippen molar-refractivity contribution >= 4 is 11.6 Å². The maximum Gasteiger partial charge on any atom is 0.124 e. The summed E-state index contributed by atoms with van der Waals surface area (Å²) in [5.74, 6) is 1.23. The molecule has 0 aliphatic heterocycles. The average molecular weight is 269 g/mol. The van der Waals surface area contributed by atoms with Crippen LogP contribution in [0.1, 0.15) is 50.2 Å². The number of benzene rings is 1. The van der Waals surface area contributed by atoms with E-state index < -0.39 is 0 Å². The summed E-state index contributed by atoms with van der Waals surface area (Å²) >= 11 is 6.24. The summed E-state index contributed by atoms with van der Waals surface area (Å²) in [6, 6.07) is 3.97. The Morgan fingerprint density at radius 3 is 2.61 bits per heavy atom. The fourth-order valence-corrected chi connectivity index (χ4v) is 2.88. The molecule has 0 amide bonds. The van der Waals surface area contributed by atoms with Crippen molar-refractivity contribution in [1.82, 2.24) is 0 Å². The second-order valence-corrected chi connectivity index (χ2v) is 5.86. The number of aryl methyl sites for hydroxylation is 1. The Kier molecular flexibility index (Phi) is 4.18. The van der Waals surface area contributed by atoms with Crippen LogP contribution in [0.25, 0.3) is 0 Å². The Balaban J connectivity index is 2.24. The second-order valence-electron chi connectivity index (χ2n) is 5.45. The van der Waals surface area contributed by atoms with Crippen LogP contribution in [0, 0.1) is 6.92 Å². The van der Waals surface area contributed by atoms with Gasteiger partial charge in [-0.15, -0.1) is 0 Å². The maximum absolute atomic E-state index is 9.82. The van der Waals surface area contributed by atoms with Crippen LogP contribution in [0.2, 0.25) is 5.02 Å². The summed E-state index contributed by atoms with van der Waals surface area (Å²) < 4.78 is 5.96. The SMILES string of the molecule is Cc1cc(Cl)c(C(C)C)cc1O[C@@H]1CCC[C@H]1O. The van der Waals surface area contributed by atoms with Gasteiger partial charge in [-0.3, -0.25) is 0 Å². The van der Waals surface area contributed by atoms with E-state index >= 15 is 0 Å². The van der Waals surface area contributed by atoms with Gasteiger partial charge in [-0.1, -0.05) is 25.4 Å². The highest BCUT2D eigenvalue weighted by Crippen LogP contribution is 2.33. The highest BCUT2D eigenvalue weighted by atomic mass is 35.5. The molecular formula is C15H21ClO2. The van der Waals surface area contributed by atoms with Crippen molar-refractivity contribution in [2.75, 3.05) is 0 Å². The number of rotatable bonds is 3. The lowest BCUT2D eigenvalue weighted by Crippen LogP contribution is -2.26. The zero-order valence-electron chi connectivity index (χ0n) is 11.2. The summed E-state index contributed by atoms with van der Waals surface area (Å²) in [7, 11) is 0. The highest BCUT2D eigenvalue weighted by Gasteiger charge is 2.27. The first kappa shape index (κ1) is 13.7. The van der Waals surface area contributed by atoms with E-state index in [0.29, 0.717) is 5.92 Å². The van der Waals surface area contributed by atoms with Gasteiger partial charge in [0.2, 0.25) is 0 Å². The van der Waals surface area contributed by atoms with Gasteiger partial charge in [0.05, 0.1) is 6.10 Å². The quantitative estimate of drug-likeness (QED) is 0.896. The molecule has 1 aromatic rings. The minimum atomic E-state index is -0.331. The topological polar surface area (TPSA) is 29.5 Å². The molecule has 100 valence electrons. The smallest absolute Gasteiger partial charge is 0.124 e. The highest BCUT2D eigenvalue weighted by molar-refractivity contribution is 6.31. The maximum atomic E-state index is 9.82. The van der Waals surface area contributed by atoms with E-state index in [2.05, 4.69) is 13.8 Å². The largest absolute Gasteiger partial charge is 0.487 e. The minimum Gasteiger partial charge on any atom is -0.487 e. The van der Waals surface area contributed by atoms with Crippen LogP contribution < -0.4 is 4.74 Å². The molecule has 1 N–H and O–H groups in total. The van der Waals surface area contributed by atoms with Gasteiger partial charge in [-0.2, -0.15) is 0 Å². The molecule has 1 aliphatic rings. The van der Waals surface area contributed by atoms with Gasteiger partial charge >= 0.3 is 0 Å². The van der Waals surface area contributed by atoms with Gasteiger partial charge in [0, 0.05) is 5.02 Å². The fourth-order valence-electron chi connectivity index (χ4n) is 2.44. The summed E-state index contributed by atoms with van der Waals surface area (Å²) in [6.45, 7) is 6.22. The molecule has 1 aliphatic carbocycles. The summed E-state index contributed by atoms with van der Waals surface area (Å²) in [5, 5.41) is 10.6. The number of hydrogen-bond donors (Lipinski definition) is 1. The van der Waals surface area contributed by atoms with Crippen molar-refractivity contribution in [2.45, 2.75) is 58.2 Å². The fraction of sp³-hybridized carbons (Fsp3) is 0.600. The van der Waals surface area contributed by atoms with E-state index in [-0.39, 0.29) is 12.2 Å². The number of halogens is 1. The lowest BCUT2D eigenvalue weighted by atomic mass is 10.0. The summed E-state index contributed by atoms with van der Waals surface area (Å²) in [5.41, 5.74) is 2.13. The predicted octanol–water partition coefficient (Wildman–Crippen LogP) is 4.06. The molecule has 0 radical (unpaired) electrons. The molecule has 0 unspecified atom stereocenters. The van der Waals surface area contributed by atoms with E-state index in [1.165, 1.54) is 0 Å². The number of ether oxygens (including phenoxy) is 1. The normalized spacial score (nSPS) is 23.7. The summed E-state index contributed by atoms with van der Waals surface area (Å²) in [6.07, 6.45) is 2.41. The third-order valence-electron chi connectivity index (χ3n) is 3.61. The molecule has 18 heavy (non-hydrogen) atoms. The lowest BCUT2D eigenvalue weighted by molar-refractivity contribution is 0.0599. The van der Waals surface area contributed by atoms with E-state index in [4.69, 9.17) is 16.3 Å². The monoisotopic (exact) mass is 268 g/mol. The van der Waals surface area contributed by atoms with Crippen molar-refractivity contribution in [3.8, 4) is 5.75 Å². The Morgan fingerprint density at radius 1 is 1.33 bits per heavy atom. The molecule has 0 saturated heterocycles. The number of aliphatic hydroxyl groups excluding tert-OH is 1. The molecule has 0 spiro atoms. The predicted molar refractivity (Wildman–Crippen MR) is 74.6 cm³/mol. The van der Waals surface area contributed by atoms with E-state index in [0.717, 1.165) is 41.2 Å². The first-order valence-corrected chi connectivity index (χ1v) is 7.01. The zero-order chi connectivity index (χ0) is 13.3. The standard InChI is InChI=1S/C15H21ClO2/c1-9(2)11-8-15(10(3)7-12(11)16)18-14-6-4-5-13(14)17/h7-9,13-14,17H,4-6H2,1-3H3/t13-,14-/m1/s1. The Labute approximate surface area is 114 Å². The minimum absolute atomic E-state index is 0.0649. The molecule has 2 nitrogen and oxygen atoms in total. The van der Waals surface area contributed by atoms with Gasteiger partial charge in [0.25, 0.3) is 0 Å². The van der Waals surface area contributed by atoms with E-state index in [9.17, 15) is 5.11 Å². The van der Waals surface area contributed by atoms with Gasteiger partial charge in [-0.25, -0.2) is 0 Å². The van der Waals surface area contributed by atoms with Crippen molar-refractivity contribution in [3.63, 3.8) is 0 Å². The molecule has 1 fully saturated rings. The molecule has 2 atom stereocenters. The van der Waals surface area contributed by atoms with E-state index in [1.807, 2.05) is 19.1 Å². The van der Waals surface area contributed by atoms with Crippen LogP contribution in [0.3, 0.4) is 0 Å². The van der Waals surface area contributed by atoms with Crippen LogP contribution in [-0.4, -0.2) is 17.3 Å². The second kappa shape index (κ2) is 5.50. The van der Waals surface area contributed by atoms with Crippen molar-refractivity contribution in [1.29, 1.82) is 0 Å². The molecule has 0 heterocycles. The van der Waals surface area contributed by atoms with E-state index in [1.54, 1.807) is 0 Å². The van der Waals surface area contributed by atoms with Crippen molar-refractivity contribution in [3.05, 3.63) is 28.3 Å². The van der Waals surface area contributed by atoms with Gasteiger partial charge in [0.15, 0.2) is 0 Å². The average Bonchev–Trinajstić information content (AvgIpc) is 2.67. The molecule has 0 bridgehead atoms. The molecule has 0 aromatic heterocycles. The third kappa shape index (κ3) is 2.81. The Bertz CT molecular complexity index is 429.